The lowest BCUT2D eigenvalue weighted by Gasteiger charge is -2.39. The number of oxazole rings is 1. The molecule has 0 aliphatic carbocycles. The second kappa shape index (κ2) is 4.52. The minimum absolute atomic E-state index is 0.643. The predicted octanol–water partition coefficient (Wildman–Crippen LogP) is 3.36. The van der Waals surface area contributed by atoms with Crippen LogP contribution in [-0.4, -0.2) is 13.1 Å². The van der Waals surface area contributed by atoms with Gasteiger partial charge in [0.15, 0.2) is 19.9 Å². The van der Waals surface area contributed by atoms with Gasteiger partial charge < -0.3 is 4.42 Å². The molecule has 1 aromatic rings. The van der Waals surface area contributed by atoms with Crippen molar-refractivity contribution in [3.63, 3.8) is 0 Å². The summed E-state index contributed by atoms with van der Waals surface area (Å²) < 4.78 is 5.51. The smallest absolute Gasteiger partial charge is 0.191 e. The fourth-order valence-electron chi connectivity index (χ4n) is 3.13. The Kier molecular flexibility index (Phi) is 3.76. The third-order valence-corrected chi connectivity index (χ3v) is 10.3. The van der Waals surface area contributed by atoms with Crippen LogP contribution >= 0.6 is 0 Å². The van der Waals surface area contributed by atoms with E-state index < -0.39 is 8.07 Å². The highest BCUT2D eigenvalue weighted by molar-refractivity contribution is 6.93. The van der Waals surface area contributed by atoms with Crippen LogP contribution in [0.5, 0.6) is 0 Å². The second-order valence-electron chi connectivity index (χ2n) is 5.18. The largest absolute Gasteiger partial charge is 0.442 e. The van der Waals surface area contributed by atoms with E-state index >= 15 is 0 Å². The summed E-state index contributed by atoms with van der Waals surface area (Å²) in [6.07, 6.45) is 4.41. The molecule has 1 rings (SSSR count). The lowest BCUT2D eigenvalue weighted by atomic mass is 10.5. The van der Waals surface area contributed by atoms with Gasteiger partial charge in [0.1, 0.15) is 0 Å². The van der Waals surface area contributed by atoms with E-state index in [2.05, 4.69) is 52.8 Å². The summed E-state index contributed by atoms with van der Waals surface area (Å²) in [5, 5.41) is 0. The van der Waals surface area contributed by atoms with Gasteiger partial charge in [-0.05, 0) is 16.6 Å². The van der Waals surface area contributed by atoms with Crippen LogP contribution in [0.25, 0.3) is 0 Å². The normalized spacial score (nSPS) is 13.1. The molecule has 2 nitrogen and oxygen atoms in total. The quantitative estimate of drug-likeness (QED) is 0.733. The van der Waals surface area contributed by atoms with Gasteiger partial charge in [-0.3, -0.25) is 0 Å². The average Bonchev–Trinajstić information content (AvgIpc) is 2.55. The summed E-state index contributed by atoms with van der Waals surface area (Å²) in [6.45, 7) is 13.8. The Balaban J connectivity index is 3.27. The van der Waals surface area contributed by atoms with Crippen molar-refractivity contribution in [2.24, 2.45) is 0 Å². The standard InChI is InChI=1S/C12H22NOSi/c1-9(2)15(10(3)4,11(5)6)12-13-7-8-14-12/h7,9-11H,1-6H3. The maximum Gasteiger partial charge on any atom is 0.191 e. The Morgan fingerprint density at radius 2 is 1.53 bits per heavy atom. The maximum absolute atomic E-state index is 5.51. The molecule has 15 heavy (non-hydrogen) atoms. The SMILES string of the molecule is CC(C)[Si](c1nc[c]o1)(C(C)C)C(C)C. The molecule has 85 valence electrons. The second-order valence-corrected chi connectivity index (χ2v) is 10.9. The number of rotatable bonds is 4. The number of hydrogen-bond donors (Lipinski definition) is 0. The first-order valence-corrected chi connectivity index (χ1v) is 7.99. The van der Waals surface area contributed by atoms with Crippen LogP contribution in [0.4, 0.5) is 0 Å². The van der Waals surface area contributed by atoms with E-state index in [1.165, 1.54) is 0 Å². The van der Waals surface area contributed by atoms with Crippen molar-refractivity contribution >= 4 is 13.6 Å². The molecule has 1 aromatic heterocycles. The first-order valence-electron chi connectivity index (χ1n) is 5.76. The first-order chi connectivity index (χ1) is 6.94. The number of hydrogen-bond acceptors (Lipinski definition) is 2. The van der Waals surface area contributed by atoms with Gasteiger partial charge >= 0.3 is 0 Å². The average molecular weight is 224 g/mol. The molecule has 1 heterocycles. The van der Waals surface area contributed by atoms with E-state index in [9.17, 15) is 0 Å². The highest BCUT2D eigenvalue weighted by atomic mass is 28.3. The van der Waals surface area contributed by atoms with Gasteiger partial charge in [0.2, 0.25) is 0 Å². The van der Waals surface area contributed by atoms with Crippen LogP contribution in [0.1, 0.15) is 41.5 Å². The van der Waals surface area contributed by atoms with Crippen molar-refractivity contribution in [1.82, 2.24) is 4.98 Å². The summed E-state index contributed by atoms with van der Waals surface area (Å²) in [5.74, 6) is 0. The summed E-state index contributed by atoms with van der Waals surface area (Å²) in [7, 11) is -1.66. The van der Waals surface area contributed by atoms with E-state index in [4.69, 9.17) is 4.42 Å². The minimum atomic E-state index is -1.66. The van der Waals surface area contributed by atoms with Crippen molar-refractivity contribution in [2.75, 3.05) is 0 Å². The third-order valence-electron chi connectivity index (χ3n) is 3.63. The van der Waals surface area contributed by atoms with Crippen molar-refractivity contribution < 1.29 is 4.42 Å². The predicted molar refractivity (Wildman–Crippen MR) is 66.0 cm³/mol. The summed E-state index contributed by atoms with van der Waals surface area (Å²) >= 11 is 0. The summed E-state index contributed by atoms with van der Waals surface area (Å²) in [6, 6.07) is 0. The minimum Gasteiger partial charge on any atom is -0.442 e. The van der Waals surface area contributed by atoms with Gasteiger partial charge in [-0.25, -0.2) is 4.98 Å². The van der Waals surface area contributed by atoms with Crippen molar-refractivity contribution in [3.8, 4) is 0 Å². The zero-order valence-corrected chi connectivity index (χ0v) is 11.7. The van der Waals surface area contributed by atoms with E-state index in [-0.39, 0.29) is 0 Å². The molecule has 0 bridgehead atoms. The van der Waals surface area contributed by atoms with Crippen molar-refractivity contribution in [2.45, 2.75) is 58.2 Å². The molecule has 3 heteroatoms. The van der Waals surface area contributed by atoms with Crippen molar-refractivity contribution in [1.29, 1.82) is 0 Å². The Labute approximate surface area is 94.1 Å². The van der Waals surface area contributed by atoms with E-state index in [0.717, 1.165) is 5.51 Å². The van der Waals surface area contributed by atoms with Crippen LogP contribution in [-0.2, 0) is 0 Å². The molecular weight excluding hydrogens is 202 g/mol. The van der Waals surface area contributed by atoms with Gasteiger partial charge in [0.05, 0.1) is 6.20 Å². The Morgan fingerprint density at radius 3 is 1.80 bits per heavy atom. The highest BCUT2D eigenvalue weighted by Crippen LogP contribution is 2.40. The van der Waals surface area contributed by atoms with Gasteiger partial charge in [-0.15, -0.1) is 0 Å². The van der Waals surface area contributed by atoms with Gasteiger partial charge in [-0.1, -0.05) is 41.5 Å². The Bertz CT molecular complexity index is 269. The molecular formula is C12H22NOSi. The lowest BCUT2D eigenvalue weighted by molar-refractivity contribution is 0.572. The van der Waals surface area contributed by atoms with E-state index in [1.807, 2.05) is 0 Å². The molecule has 0 amide bonds. The van der Waals surface area contributed by atoms with Crippen LogP contribution in [0, 0.1) is 6.26 Å². The van der Waals surface area contributed by atoms with E-state index in [0.29, 0.717) is 16.6 Å². The molecule has 0 saturated heterocycles. The molecule has 0 aliphatic rings. The van der Waals surface area contributed by atoms with Gasteiger partial charge in [0.25, 0.3) is 0 Å². The molecule has 0 aromatic carbocycles. The zero-order chi connectivity index (χ0) is 11.6. The molecule has 0 fully saturated rings. The fraction of sp³-hybridized carbons (Fsp3) is 0.750. The molecule has 1 radical (unpaired) electrons. The first kappa shape index (κ1) is 12.5. The summed E-state index contributed by atoms with van der Waals surface area (Å²) in [5.41, 5.74) is 2.90. The molecule has 0 spiro atoms. The monoisotopic (exact) mass is 224 g/mol. The van der Waals surface area contributed by atoms with Crippen LogP contribution < -0.4 is 5.51 Å². The molecule has 0 unspecified atom stereocenters. The molecule has 0 saturated carbocycles. The molecule has 0 atom stereocenters. The number of nitrogens with zero attached hydrogens (tertiary/aromatic N) is 1. The van der Waals surface area contributed by atoms with E-state index in [1.54, 1.807) is 6.20 Å². The summed E-state index contributed by atoms with van der Waals surface area (Å²) in [4.78, 5) is 4.39. The van der Waals surface area contributed by atoms with Crippen LogP contribution in [0.15, 0.2) is 10.6 Å². The van der Waals surface area contributed by atoms with Gasteiger partial charge in [0, 0.05) is 0 Å². The zero-order valence-electron chi connectivity index (χ0n) is 10.7. The maximum atomic E-state index is 5.51. The van der Waals surface area contributed by atoms with Crippen LogP contribution in [0.2, 0.25) is 16.6 Å². The topological polar surface area (TPSA) is 26.0 Å². The lowest BCUT2D eigenvalue weighted by Crippen LogP contribution is -2.56. The Hall–Kier alpha value is -0.573. The number of aromatic nitrogens is 1. The van der Waals surface area contributed by atoms with Gasteiger partial charge in [-0.2, -0.15) is 0 Å². The molecule has 0 N–H and O–H groups in total. The Morgan fingerprint density at radius 1 is 1.07 bits per heavy atom. The van der Waals surface area contributed by atoms with Crippen molar-refractivity contribution in [3.05, 3.63) is 12.5 Å². The third kappa shape index (κ3) is 1.89. The van der Waals surface area contributed by atoms with Crippen LogP contribution in [0.3, 0.4) is 0 Å². The highest BCUT2D eigenvalue weighted by Gasteiger charge is 2.48. The molecule has 0 aliphatic heterocycles. The fourth-order valence-corrected chi connectivity index (χ4v) is 9.14.